The van der Waals surface area contributed by atoms with Gasteiger partial charge < -0.3 is 11.1 Å². The fourth-order valence-corrected chi connectivity index (χ4v) is 1.89. The fourth-order valence-electron chi connectivity index (χ4n) is 1.89. The van der Waals surface area contributed by atoms with Crippen LogP contribution in [0.15, 0.2) is 36.4 Å². The molecule has 0 radical (unpaired) electrons. The van der Waals surface area contributed by atoms with Gasteiger partial charge in [0, 0.05) is 6.54 Å². The van der Waals surface area contributed by atoms with Crippen LogP contribution in [-0.4, -0.2) is 0 Å². The lowest BCUT2D eigenvalue weighted by atomic mass is 10.1. The number of nitrogens with two attached hydrogens (primary N) is 1. The largest absolute Gasteiger partial charge is 0.397 e. The van der Waals surface area contributed by atoms with Gasteiger partial charge in [0.1, 0.15) is 0 Å². The maximum Gasteiger partial charge on any atom is 0.0579 e. The van der Waals surface area contributed by atoms with Crippen LogP contribution in [-0.2, 0) is 6.54 Å². The summed E-state index contributed by atoms with van der Waals surface area (Å²) in [6.45, 7) is 7.08. The van der Waals surface area contributed by atoms with E-state index in [1.807, 2.05) is 6.07 Å². The SMILES string of the molecule is Cc1ccc(CNc2cc(C)c(C)cc2N)cc1. The van der Waals surface area contributed by atoms with Gasteiger partial charge in [-0.15, -0.1) is 0 Å². The monoisotopic (exact) mass is 240 g/mol. The van der Waals surface area contributed by atoms with Gasteiger partial charge in [-0.25, -0.2) is 0 Å². The summed E-state index contributed by atoms with van der Waals surface area (Å²) in [5.74, 6) is 0. The van der Waals surface area contributed by atoms with Crippen molar-refractivity contribution in [2.45, 2.75) is 27.3 Å². The first-order valence-electron chi connectivity index (χ1n) is 6.22. The molecule has 0 aromatic heterocycles. The number of nitrogen functional groups attached to an aromatic ring is 1. The number of aryl methyl sites for hydroxylation is 3. The van der Waals surface area contributed by atoms with Gasteiger partial charge in [-0.1, -0.05) is 29.8 Å². The Bertz CT molecular complexity index is 542. The molecule has 0 amide bonds. The Labute approximate surface area is 109 Å². The third kappa shape index (κ3) is 2.83. The second-order valence-electron chi connectivity index (χ2n) is 4.86. The molecule has 0 aliphatic rings. The minimum Gasteiger partial charge on any atom is -0.397 e. The molecular weight excluding hydrogens is 220 g/mol. The van der Waals surface area contributed by atoms with Crippen LogP contribution in [0.2, 0.25) is 0 Å². The van der Waals surface area contributed by atoms with E-state index in [4.69, 9.17) is 5.73 Å². The average molecular weight is 240 g/mol. The van der Waals surface area contributed by atoms with Gasteiger partial charge in [-0.05, 0) is 49.6 Å². The van der Waals surface area contributed by atoms with Gasteiger partial charge in [0.15, 0.2) is 0 Å². The van der Waals surface area contributed by atoms with E-state index in [9.17, 15) is 0 Å². The summed E-state index contributed by atoms with van der Waals surface area (Å²) in [6, 6.07) is 12.7. The molecular formula is C16H20N2. The van der Waals surface area contributed by atoms with E-state index >= 15 is 0 Å². The van der Waals surface area contributed by atoms with E-state index < -0.39 is 0 Å². The summed E-state index contributed by atoms with van der Waals surface area (Å²) in [5.41, 5.74) is 12.9. The van der Waals surface area contributed by atoms with Crippen molar-refractivity contribution in [1.29, 1.82) is 0 Å². The van der Waals surface area contributed by atoms with E-state index in [1.54, 1.807) is 0 Å². The van der Waals surface area contributed by atoms with Crippen LogP contribution < -0.4 is 11.1 Å². The zero-order chi connectivity index (χ0) is 13.1. The second kappa shape index (κ2) is 5.13. The molecule has 0 unspecified atom stereocenters. The maximum absolute atomic E-state index is 6.02. The Morgan fingerprint density at radius 2 is 1.56 bits per heavy atom. The van der Waals surface area contributed by atoms with Crippen LogP contribution in [0.5, 0.6) is 0 Å². The van der Waals surface area contributed by atoms with Gasteiger partial charge in [-0.3, -0.25) is 0 Å². The maximum atomic E-state index is 6.02. The van der Waals surface area contributed by atoms with Crippen LogP contribution in [0.4, 0.5) is 11.4 Å². The normalized spacial score (nSPS) is 10.4. The van der Waals surface area contributed by atoms with Gasteiger partial charge >= 0.3 is 0 Å². The van der Waals surface area contributed by atoms with Gasteiger partial charge in [0.05, 0.1) is 11.4 Å². The lowest BCUT2D eigenvalue weighted by Gasteiger charge is -2.12. The van der Waals surface area contributed by atoms with E-state index in [0.29, 0.717) is 0 Å². The Morgan fingerprint density at radius 3 is 2.22 bits per heavy atom. The van der Waals surface area contributed by atoms with Crippen LogP contribution in [0, 0.1) is 20.8 Å². The molecule has 0 aliphatic heterocycles. The molecule has 0 spiro atoms. The Hall–Kier alpha value is -1.96. The van der Waals surface area contributed by atoms with E-state index in [-0.39, 0.29) is 0 Å². The Morgan fingerprint density at radius 1 is 0.944 bits per heavy atom. The molecule has 0 saturated heterocycles. The zero-order valence-corrected chi connectivity index (χ0v) is 11.2. The number of hydrogen-bond acceptors (Lipinski definition) is 2. The van der Waals surface area contributed by atoms with E-state index in [0.717, 1.165) is 17.9 Å². The first-order valence-corrected chi connectivity index (χ1v) is 6.22. The first-order chi connectivity index (χ1) is 8.56. The highest BCUT2D eigenvalue weighted by molar-refractivity contribution is 5.68. The predicted octanol–water partition coefficient (Wildman–Crippen LogP) is 3.81. The molecule has 2 aromatic rings. The Kier molecular flexibility index (Phi) is 3.56. The molecule has 3 N–H and O–H groups in total. The quantitative estimate of drug-likeness (QED) is 0.801. The van der Waals surface area contributed by atoms with Gasteiger partial charge in [-0.2, -0.15) is 0 Å². The zero-order valence-electron chi connectivity index (χ0n) is 11.2. The van der Waals surface area contributed by atoms with Crippen molar-refractivity contribution in [2.75, 3.05) is 11.1 Å². The molecule has 0 saturated carbocycles. The lowest BCUT2D eigenvalue weighted by molar-refractivity contribution is 1.14. The molecule has 18 heavy (non-hydrogen) atoms. The van der Waals surface area contributed by atoms with Crippen LogP contribution in [0.3, 0.4) is 0 Å². The third-order valence-electron chi connectivity index (χ3n) is 3.27. The lowest BCUT2D eigenvalue weighted by Crippen LogP contribution is -2.03. The fraction of sp³-hybridized carbons (Fsp3) is 0.250. The summed E-state index contributed by atoms with van der Waals surface area (Å²) in [7, 11) is 0. The molecule has 0 fully saturated rings. The summed E-state index contributed by atoms with van der Waals surface area (Å²) in [5, 5.41) is 3.39. The molecule has 0 bridgehead atoms. The molecule has 2 heteroatoms. The number of anilines is 2. The number of rotatable bonds is 3. The van der Waals surface area contributed by atoms with Crippen molar-refractivity contribution >= 4 is 11.4 Å². The summed E-state index contributed by atoms with van der Waals surface area (Å²) < 4.78 is 0. The van der Waals surface area contributed by atoms with E-state index in [2.05, 4.69) is 56.4 Å². The highest BCUT2D eigenvalue weighted by Gasteiger charge is 2.02. The van der Waals surface area contributed by atoms with Gasteiger partial charge in [0.2, 0.25) is 0 Å². The summed E-state index contributed by atoms with van der Waals surface area (Å²) >= 11 is 0. The van der Waals surface area contributed by atoms with Crippen molar-refractivity contribution in [1.82, 2.24) is 0 Å². The van der Waals surface area contributed by atoms with Crippen LogP contribution in [0.1, 0.15) is 22.3 Å². The van der Waals surface area contributed by atoms with Crippen molar-refractivity contribution in [3.05, 3.63) is 58.7 Å². The molecule has 2 nitrogen and oxygen atoms in total. The molecule has 0 aliphatic carbocycles. The average Bonchev–Trinajstić information content (AvgIpc) is 2.34. The predicted molar refractivity (Wildman–Crippen MR) is 78.8 cm³/mol. The van der Waals surface area contributed by atoms with Crippen molar-refractivity contribution in [2.24, 2.45) is 0 Å². The second-order valence-corrected chi connectivity index (χ2v) is 4.86. The van der Waals surface area contributed by atoms with E-state index in [1.165, 1.54) is 22.3 Å². The molecule has 2 aromatic carbocycles. The van der Waals surface area contributed by atoms with Crippen LogP contribution >= 0.6 is 0 Å². The Balaban J connectivity index is 2.10. The number of hydrogen-bond donors (Lipinski definition) is 2. The molecule has 0 heterocycles. The standard InChI is InChI=1S/C16H20N2/c1-11-4-6-14(7-5-11)10-18-16-9-13(3)12(2)8-15(16)17/h4-9,18H,10,17H2,1-3H3. The highest BCUT2D eigenvalue weighted by atomic mass is 14.9. The van der Waals surface area contributed by atoms with Crippen LogP contribution in [0.25, 0.3) is 0 Å². The first kappa shape index (κ1) is 12.5. The summed E-state index contributed by atoms with van der Waals surface area (Å²) in [6.07, 6.45) is 0. The van der Waals surface area contributed by atoms with Crippen molar-refractivity contribution < 1.29 is 0 Å². The molecule has 2 rings (SSSR count). The van der Waals surface area contributed by atoms with Crippen molar-refractivity contribution in [3.63, 3.8) is 0 Å². The van der Waals surface area contributed by atoms with Crippen molar-refractivity contribution in [3.8, 4) is 0 Å². The minimum atomic E-state index is 0.799. The highest BCUT2D eigenvalue weighted by Crippen LogP contribution is 2.23. The smallest absolute Gasteiger partial charge is 0.0579 e. The minimum absolute atomic E-state index is 0.799. The molecule has 0 atom stereocenters. The molecule has 94 valence electrons. The third-order valence-corrected chi connectivity index (χ3v) is 3.27. The van der Waals surface area contributed by atoms with Gasteiger partial charge in [0.25, 0.3) is 0 Å². The number of benzene rings is 2. The number of nitrogens with one attached hydrogen (secondary N) is 1. The summed E-state index contributed by atoms with van der Waals surface area (Å²) in [4.78, 5) is 0. The topological polar surface area (TPSA) is 38.0 Å².